The van der Waals surface area contributed by atoms with Gasteiger partial charge in [-0.25, -0.2) is 0 Å². The largest absolute Gasteiger partial charge is 0.416 e. The molecule has 112 valence electrons. The molecule has 0 spiro atoms. The van der Waals surface area contributed by atoms with E-state index in [9.17, 15) is 13.2 Å². The highest BCUT2D eigenvalue weighted by molar-refractivity contribution is 6.30. The predicted octanol–water partition coefficient (Wildman–Crippen LogP) is 3.28. The van der Waals surface area contributed by atoms with E-state index in [1.54, 1.807) is 0 Å². The van der Waals surface area contributed by atoms with E-state index in [1.165, 1.54) is 6.07 Å². The zero-order chi connectivity index (χ0) is 15.0. The van der Waals surface area contributed by atoms with Crippen LogP contribution in [0.25, 0.3) is 0 Å². The van der Waals surface area contributed by atoms with Gasteiger partial charge in [-0.15, -0.1) is 0 Å². The quantitative estimate of drug-likeness (QED) is 0.901. The van der Waals surface area contributed by atoms with Gasteiger partial charge in [0.1, 0.15) is 0 Å². The van der Waals surface area contributed by atoms with Gasteiger partial charge in [0, 0.05) is 23.9 Å². The van der Waals surface area contributed by atoms with E-state index in [4.69, 9.17) is 22.1 Å². The van der Waals surface area contributed by atoms with Crippen LogP contribution in [0.1, 0.15) is 18.9 Å². The van der Waals surface area contributed by atoms with Crippen molar-refractivity contribution in [2.24, 2.45) is 5.73 Å². The van der Waals surface area contributed by atoms with Gasteiger partial charge >= 0.3 is 6.18 Å². The van der Waals surface area contributed by atoms with E-state index in [2.05, 4.69) is 5.32 Å². The third-order valence-corrected chi connectivity index (χ3v) is 3.90. The van der Waals surface area contributed by atoms with Gasteiger partial charge in [0.2, 0.25) is 0 Å². The SMILES string of the molecule is CC1OCCC1(CN)Nc1cc(Cl)cc(C(F)(F)F)c1. The van der Waals surface area contributed by atoms with Crippen LogP contribution < -0.4 is 11.1 Å². The summed E-state index contributed by atoms with van der Waals surface area (Å²) in [6, 6.07) is 3.39. The number of ether oxygens (including phenoxy) is 1. The Hall–Kier alpha value is -0.980. The molecular weight excluding hydrogens is 293 g/mol. The molecule has 0 bridgehead atoms. The molecule has 0 aliphatic carbocycles. The summed E-state index contributed by atoms with van der Waals surface area (Å²) < 4.78 is 43.8. The van der Waals surface area contributed by atoms with Crippen LogP contribution in [0.5, 0.6) is 0 Å². The Balaban J connectivity index is 2.31. The first-order valence-corrected chi connectivity index (χ1v) is 6.62. The first-order valence-electron chi connectivity index (χ1n) is 6.24. The molecule has 1 aliphatic rings. The van der Waals surface area contributed by atoms with Crippen molar-refractivity contribution in [1.29, 1.82) is 0 Å². The normalized spacial score (nSPS) is 26.8. The van der Waals surface area contributed by atoms with Gasteiger partial charge in [0.25, 0.3) is 0 Å². The number of benzene rings is 1. The van der Waals surface area contributed by atoms with Crippen LogP contribution in [-0.2, 0) is 10.9 Å². The average molecular weight is 309 g/mol. The van der Waals surface area contributed by atoms with Crippen LogP contribution in [0.4, 0.5) is 18.9 Å². The number of halogens is 4. The number of rotatable bonds is 3. The van der Waals surface area contributed by atoms with Gasteiger partial charge in [-0.05, 0) is 31.5 Å². The zero-order valence-electron chi connectivity index (χ0n) is 10.9. The van der Waals surface area contributed by atoms with Crippen LogP contribution in [0.2, 0.25) is 5.02 Å². The van der Waals surface area contributed by atoms with Crippen LogP contribution in [-0.4, -0.2) is 24.8 Å². The molecule has 3 nitrogen and oxygen atoms in total. The van der Waals surface area contributed by atoms with Crippen molar-refractivity contribution in [2.45, 2.75) is 31.2 Å². The maximum atomic E-state index is 12.8. The second-order valence-corrected chi connectivity index (χ2v) is 5.41. The molecule has 3 N–H and O–H groups in total. The molecule has 1 fully saturated rings. The first-order chi connectivity index (χ1) is 9.27. The Kier molecular flexibility index (Phi) is 4.18. The van der Waals surface area contributed by atoms with Crippen molar-refractivity contribution in [2.75, 3.05) is 18.5 Å². The molecule has 0 aromatic heterocycles. The number of anilines is 1. The fourth-order valence-corrected chi connectivity index (χ4v) is 2.61. The second-order valence-electron chi connectivity index (χ2n) is 4.97. The van der Waals surface area contributed by atoms with Crippen LogP contribution in [0.15, 0.2) is 18.2 Å². The standard InChI is InChI=1S/C13H16ClF3N2O/c1-8-12(7-18,2-3-20-8)19-11-5-9(13(15,16)17)4-10(14)6-11/h4-6,8,19H,2-3,7,18H2,1H3. The van der Waals surface area contributed by atoms with Crippen molar-refractivity contribution >= 4 is 17.3 Å². The third kappa shape index (κ3) is 3.02. The minimum Gasteiger partial charge on any atom is -0.376 e. The van der Waals surface area contributed by atoms with E-state index in [-0.39, 0.29) is 17.7 Å². The predicted molar refractivity (Wildman–Crippen MR) is 71.9 cm³/mol. The van der Waals surface area contributed by atoms with Crippen molar-refractivity contribution in [3.8, 4) is 0 Å². The summed E-state index contributed by atoms with van der Waals surface area (Å²) in [6.07, 6.45) is -3.98. The molecule has 7 heteroatoms. The molecular formula is C13H16ClF3N2O. The summed E-state index contributed by atoms with van der Waals surface area (Å²) >= 11 is 5.76. The highest BCUT2D eigenvalue weighted by Crippen LogP contribution is 2.35. The Bertz CT molecular complexity index is 495. The first kappa shape index (κ1) is 15.4. The Labute approximate surface area is 120 Å². The van der Waals surface area contributed by atoms with Crippen molar-refractivity contribution in [3.05, 3.63) is 28.8 Å². The molecule has 2 atom stereocenters. The van der Waals surface area contributed by atoms with E-state index in [0.29, 0.717) is 18.7 Å². The summed E-state index contributed by atoms with van der Waals surface area (Å²) in [4.78, 5) is 0. The van der Waals surface area contributed by atoms with Crippen LogP contribution >= 0.6 is 11.6 Å². The monoisotopic (exact) mass is 308 g/mol. The average Bonchev–Trinajstić information content (AvgIpc) is 2.69. The highest BCUT2D eigenvalue weighted by Gasteiger charge is 2.41. The lowest BCUT2D eigenvalue weighted by molar-refractivity contribution is -0.137. The number of alkyl halides is 3. The van der Waals surface area contributed by atoms with Crippen LogP contribution in [0, 0.1) is 0 Å². The molecule has 0 amide bonds. The Morgan fingerprint density at radius 2 is 2.15 bits per heavy atom. The molecule has 1 aromatic carbocycles. The molecule has 20 heavy (non-hydrogen) atoms. The van der Waals surface area contributed by atoms with Gasteiger partial charge in [-0.2, -0.15) is 13.2 Å². The van der Waals surface area contributed by atoms with Gasteiger partial charge in [-0.1, -0.05) is 11.6 Å². The number of nitrogens with one attached hydrogen (secondary N) is 1. The molecule has 0 radical (unpaired) electrons. The summed E-state index contributed by atoms with van der Waals surface area (Å²) in [5.41, 5.74) is 4.72. The molecule has 0 saturated carbocycles. The maximum absolute atomic E-state index is 12.8. The van der Waals surface area contributed by atoms with E-state index in [1.807, 2.05) is 6.92 Å². The molecule has 2 rings (SSSR count). The Morgan fingerprint density at radius 3 is 2.65 bits per heavy atom. The topological polar surface area (TPSA) is 47.3 Å². The summed E-state index contributed by atoms with van der Waals surface area (Å²) in [7, 11) is 0. The number of nitrogens with two attached hydrogens (primary N) is 1. The fraction of sp³-hybridized carbons (Fsp3) is 0.538. The summed E-state index contributed by atoms with van der Waals surface area (Å²) in [5, 5.41) is 3.10. The lowest BCUT2D eigenvalue weighted by atomic mass is 9.91. The van der Waals surface area contributed by atoms with E-state index >= 15 is 0 Å². The fourth-order valence-electron chi connectivity index (χ4n) is 2.38. The minimum absolute atomic E-state index is 0.0288. The number of hydrogen-bond donors (Lipinski definition) is 2. The minimum atomic E-state index is -4.44. The number of hydrogen-bond acceptors (Lipinski definition) is 3. The lowest BCUT2D eigenvalue weighted by Gasteiger charge is -2.33. The maximum Gasteiger partial charge on any atom is 0.416 e. The van der Waals surface area contributed by atoms with Gasteiger partial charge < -0.3 is 15.8 Å². The lowest BCUT2D eigenvalue weighted by Crippen LogP contribution is -2.50. The van der Waals surface area contributed by atoms with Crippen molar-refractivity contribution < 1.29 is 17.9 Å². The highest BCUT2D eigenvalue weighted by atomic mass is 35.5. The molecule has 1 aromatic rings. The van der Waals surface area contributed by atoms with Crippen LogP contribution in [0.3, 0.4) is 0 Å². The zero-order valence-corrected chi connectivity index (χ0v) is 11.7. The van der Waals surface area contributed by atoms with Crippen molar-refractivity contribution in [3.63, 3.8) is 0 Å². The summed E-state index contributed by atoms with van der Waals surface area (Å²) in [5.74, 6) is 0. The van der Waals surface area contributed by atoms with E-state index < -0.39 is 17.3 Å². The van der Waals surface area contributed by atoms with Gasteiger partial charge in [0.05, 0.1) is 17.2 Å². The van der Waals surface area contributed by atoms with Gasteiger partial charge in [0.15, 0.2) is 0 Å². The molecule has 2 unspecified atom stereocenters. The molecule has 1 aliphatic heterocycles. The molecule has 1 saturated heterocycles. The Morgan fingerprint density at radius 1 is 1.45 bits per heavy atom. The van der Waals surface area contributed by atoms with Crippen molar-refractivity contribution in [1.82, 2.24) is 0 Å². The summed E-state index contributed by atoms with van der Waals surface area (Å²) in [6.45, 7) is 2.64. The second kappa shape index (κ2) is 5.42. The smallest absolute Gasteiger partial charge is 0.376 e. The van der Waals surface area contributed by atoms with E-state index in [0.717, 1.165) is 12.1 Å². The molecule has 1 heterocycles. The third-order valence-electron chi connectivity index (χ3n) is 3.68. The van der Waals surface area contributed by atoms with Gasteiger partial charge in [-0.3, -0.25) is 0 Å².